The number of carbonyl (C=O) groups excluding carboxylic acids is 1. The molecule has 0 aliphatic carbocycles. The number of amides is 1. The maximum absolute atomic E-state index is 12.1. The highest BCUT2D eigenvalue weighted by Crippen LogP contribution is 2.27. The van der Waals surface area contributed by atoms with Crippen molar-refractivity contribution in [2.24, 2.45) is 0 Å². The topological polar surface area (TPSA) is 68.0 Å². The molecule has 0 aliphatic heterocycles. The van der Waals surface area contributed by atoms with Crippen molar-refractivity contribution < 1.29 is 9.21 Å². The quantitative estimate of drug-likeness (QED) is 0.574. The van der Waals surface area contributed by atoms with Gasteiger partial charge >= 0.3 is 0 Å². The first-order valence-corrected chi connectivity index (χ1v) is 9.45. The van der Waals surface area contributed by atoms with E-state index in [1.165, 1.54) is 0 Å². The predicted octanol–water partition coefficient (Wildman–Crippen LogP) is 5.39. The van der Waals surface area contributed by atoms with E-state index in [4.69, 9.17) is 27.6 Å². The van der Waals surface area contributed by atoms with Gasteiger partial charge in [0.2, 0.25) is 11.8 Å². The van der Waals surface area contributed by atoms with Crippen molar-refractivity contribution in [3.8, 4) is 11.5 Å². The molecule has 3 rings (SSSR count). The second-order valence-corrected chi connectivity index (χ2v) is 7.48. The zero-order valence-electron chi connectivity index (χ0n) is 14.0. The molecule has 5 nitrogen and oxygen atoms in total. The van der Waals surface area contributed by atoms with Crippen LogP contribution in [0.15, 0.2) is 46.0 Å². The van der Waals surface area contributed by atoms with Gasteiger partial charge in [-0.25, -0.2) is 0 Å². The maximum Gasteiger partial charge on any atom is 0.277 e. The second kappa shape index (κ2) is 8.12. The third kappa shape index (κ3) is 4.78. The van der Waals surface area contributed by atoms with Crippen LogP contribution in [0.25, 0.3) is 11.5 Å². The number of hydrogen-bond acceptors (Lipinski definition) is 5. The molecule has 26 heavy (non-hydrogen) atoms. The predicted molar refractivity (Wildman–Crippen MR) is 105 cm³/mol. The molecule has 0 unspecified atom stereocenters. The van der Waals surface area contributed by atoms with E-state index in [-0.39, 0.29) is 11.7 Å². The fourth-order valence-corrected chi connectivity index (χ4v) is 3.29. The Kier molecular flexibility index (Phi) is 5.86. The van der Waals surface area contributed by atoms with E-state index < -0.39 is 0 Å². The Morgan fingerprint density at radius 1 is 1.12 bits per heavy atom. The van der Waals surface area contributed by atoms with Crippen LogP contribution in [0.3, 0.4) is 0 Å². The van der Waals surface area contributed by atoms with Crippen LogP contribution in [0.4, 0.5) is 5.69 Å². The highest BCUT2D eigenvalue weighted by molar-refractivity contribution is 7.99. The van der Waals surface area contributed by atoms with Crippen molar-refractivity contribution in [3.05, 3.63) is 57.6 Å². The van der Waals surface area contributed by atoms with Crippen molar-refractivity contribution in [2.75, 3.05) is 11.1 Å². The number of aromatic nitrogens is 2. The van der Waals surface area contributed by atoms with Gasteiger partial charge in [-0.05, 0) is 44.2 Å². The minimum atomic E-state index is -0.245. The molecular weight excluding hydrogens is 393 g/mol. The summed E-state index contributed by atoms with van der Waals surface area (Å²) in [7, 11) is 0. The highest BCUT2D eigenvalue weighted by atomic mass is 35.5. The van der Waals surface area contributed by atoms with Gasteiger partial charge in [0.25, 0.3) is 5.22 Å². The van der Waals surface area contributed by atoms with Gasteiger partial charge in [-0.3, -0.25) is 4.79 Å². The van der Waals surface area contributed by atoms with E-state index in [9.17, 15) is 4.79 Å². The Hall–Kier alpha value is -2.02. The Morgan fingerprint density at radius 3 is 2.58 bits per heavy atom. The van der Waals surface area contributed by atoms with Crippen molar-refractivity contribution >= 4 is 46.6 Å². The molecule has 134 valence electrons. The fraction of sp³-hybridized carbons (Fsp3) is 0.167. The molecule has 0 atom stereocenters. The molecule has 0 spiro atoms. The van der Waals surface area contributed by atoms with Gasteiger partial charge in [0.05, 0.1) is 16.5 Å². The Morgan fingerprint density at radius 2 is 1.85 bits per heavy atom. The summed E-state index contributed by atoms with van der Waals surface area (Å²) < 4.78 is 5.64. The van der Waals surface area contributed by atoms with E-state index in [2.05, 4.69) is 21.6 Å². The molecule has 1 aromatic heterocycles. The molecule has 0 saturated carbocycles. The number of benzene rings is 2. The summed E-state index contributed by atoms with van der Waals surface area (Å²) in [6.07, 6.45) is 0. The van der Waals surface area contributed by atoms with Crippen LogP contribution in [0.5, 0.6) is 0 Å². The first-order valence-electron chi connectivity index (χ1n) is 7.70. The lowest BCUT2D eigenvalue weighted by atomic mass is 10.1. The Balaban J connectivity index is 1.62. The summed E-state index contributed by atoms with van der Waals surface area (Å²) >= 11 is 13.1. The zero-order chi connectivity index (χ0) is 18.7. The van der Waals surface area contributed by atoms with E-state index in [0.717, 1.165) is 28.5 Å². The van der Waals surface area contributed by atoms with E-state index in [1.54, 1.807) is 18.2 Å². The third-order valence-electron chi connectivity index (χ3n) is 3.40. The fourth-order valence-electron chi connectivity index (χ4n) is 2.39. The van der Waals surface area contributed by atoms with E-state index in [1.807, 2.05) is 26.0 Å². The number of thioether (sulfide) groups is 1. The number of nitrogens with zero attached hydrogens (tertiary/aromatic N) is 2. The van der Waals surface area contributed by atoms with Crippen LogP contribution in [0, 0.1) is 13.8 Å². The summed E-state index contributed by atoms with van der Waals surface area (Å²) in [4.78, 5) is 12.1. The molecule has 0 fully saturated rings. The van der Waals surface area contributed by atoms with Crippen LogP contribution in [0.2, 0.25) is 10.0 Å². The number of aryl methyl sites for hydroxylation is 2. The molecule has 0 saturated heterocycles. The van der Waals surface area contributed by atoms with Crippen molar-refractivity contribution in [1.29, 1.82) is 0 Å². The summed E-state index contributed by atoms with van der Waals surface area (Å²) in [5.74, 6) is 0.292. The normalized spacial score (nSPS) is 10.8. The lowest BCUT2D eigenvalue weighted by molar-refractivity contribution is -0.113. The molecular formula is C18H15Cl2N3O2S. The minimum Gasteiger partial charge on any atom is -0.411 e. The van der Waals surface area contributed by atoms with Crippen LogP contribution < -0.4 is 5.32 Å². The largest absolute Gasteiger partial charge is 0.411 e. The lowest BCUT2D eigenvalue weighted by Crippen LogP contribution is -2.14. The smallest absolute Gasteiger partial charge is 0.277 e. The summed E-state index contributed by atoms with van der Waals surface area (Å²) in [6, 6.07) is 10.9. The van der Waals surface area contributed by atoms with Gasteiger partial charge < -0.3 is 9.73 Å². The van der Waals surface area contributed by atoms with Crippen LogP contribution in [-0.4, -0.2) is 21.9 Å². The van der Waals surface area contributed by atoms with Crippen LogP contribution in [-0.2, 0) is 4.79 Å². The van der Waals surface area contributed by atoms with Gasteiger partial charge in [0.1, 0.15) is 0 Å². The number of carbonyl (C=O) groups is 1. The first kappa shape index (κ1) is 18.8. The maximum atomic E-state index is 12.1. The summed E-state index contributed by atoms with van der Waals surface area (Å²) in [5, 5.41) is 12.0. The molecule has 1 amide bonds. The van der Waals surface area contributed by atoms with Crippen LogP contribution >= 0.6 is 35.0 Å². The number of halogens is 2. The average Bonchev–Trinajstić information content (AvgIpc) is 3.04. The number of nitrogens with one attached hydrogen (secondary N) is 1. The summed E-state index contributed by atoms with van der Waals surface area (Å²) in [5.41, 5.74) is 3.55. The molecule has 0 aliphatic rings. The molecule has 3 aromatic rings. The number of hydrogen-bond donors (Lipinski definition) is 1. The van der Waals surface area contributed by atoms with E-state index in [0.29, 0.717) is 26.8 Å². The minimum absolute atomic E-state index is 0.108. The molecule has 0 bridgehead atoms. The number of anilines is 1. The standard InChI is InChI=1S/C18H15Cl2N3O2S/c1-10-5-11(2)7-12(6-10)17-22-23-18(25-17)26-9-16(24)21-15-8-13(19)3-4-14(15)20/h3-8H,9H2,1-2H3,(H,21,24). The highest BCUT2D eigenvalue weighted by Gasteiger charge is 2.13. The second-order valence-electron chi connectivity index (χ2n) is 5.71. The summed E-state index contributed by atoms with van der Waals surface area (Å²) in [6.45, 7) is 4.02. The van der Waals surface area contributed by atoms with Gasteiger partial charge in [-0.15, -0.1) is 10.2 Å². The van der Waals surface area contributed by atoms with Crippen molar-refractivity contribution in [1.82, 2.24) is 10.2 Å². The Labute approximate surface area is 165 Å². The first-order chi connectivity index (χ1) is 12.4. The molecule has 2 aromatic carbocycles. The van der Waals surface area contributed by atoms with Gasteiger partial charge in [-0.2, -0.15) is 0 Å². The van der Waals surface area contributed by atoms with Crippen molar-refractivity contribution in [3.63, 3.8) is 0 Å². The van der Waals surface area contributed by atoms with E-state index >= 15 is 0 Å². The lowest BCUT2D eigenvalue weighted by Gasteiger charge is -2.06. The molecule has 8 heteroatoms. The van der Waals surface area contributed by atoms with Gasteiger partial charge in [-0.1, -0.05) is 52.2 Å². The SMILES string of the molecule is Cc1cc(C)cc(-c2nnc(SCC(=O)Nc3cc(Cl)ccc3Cl)o2)c1. The van der Waals surface area contributed by atoms with Crippen LogP contribution in [0.1, 0.15) is 11.1 Å². The monoisotopic (exact) mass is 407 g/mol. The number of rotatable bonds is 5. The molecule has 1 N–H and O–H groups in total. The van der Waals surface area contributed by atoms with Gasteiger partial charge in [0.15, 0.2) is 0 Å². The molecule has 0 radical (unpaired) electrons. The third-order valence-corrected chi connectivity index (χ3v) is 4.79. The van der Waals surface area contributed by atoms with Gasteiger partial charge in [0, 0.05) is 10.6 Å². The van der Waals surface area contributed by atoms with Crippen molar-refractivity contribution in [2.45, 2.75) is 19.1 Å². The molecule has 1 heterocycles. The zero-order valence-corrected chi connectivity index (χ0v) is 16.4. The average molecular weight is 408 g/mol. The Bertz CT molecular complexity index is 939.